The molecule has 1 amide bonds. The Kier molecular flexibility index (Phi) is 5.46. The van der Waals surface area contributed by atoms with E-state index in [-0.39, 0.29) is 17.8 Å². The lowest BCUT2D eigenvalue weighted by molar-refractivity contribution is 0.0779. The van der Waals surface area contributed by atoms with Crippen LogP contribution in [0.25, 0.3) is 0 Å². The Labute approximate surface area is 150 Å². The summed E-state index contributed by atoms with van der Waals surface area (Å²) < 4.78 is 31.4. The number of hydrogen-bond donors (Lipinski definition) is 1. The third-order valence-corrected chi connectivity index (χ3v) is 4.22. The zero-order chi connectivity index (χ0) is 18.7. The Morgan fingerprint density at radius 2 is 2.19 bits per heavy atom. The van der Waals surface area contributed by atoms with Crippen LogP contribution in [0.4, 0.5) is 14.5 Å². The maximum atomic E-state index is 13.3. The standard InChI is InChI=1S/C17H21F2N5O2/c1-23(2)17(25)16-21-15(22-26-16)10-24-7-3-4-12(9-24)20-11-5-6-13(18)14(19)8-11/h5-6,8,12,20H,3-4,7,9-10H2,1-2H3/t12-/m1/s1. The summed E-state index contributed by atoms with van der Waals surface area (Å²) in [5.74, 6) is -1.64. The van der Waals surface area contributed by atoms with Crippen molar-refractivity contribution in [2.75, 3.05) is 32.5 Å². The van der Waals surface area contributed by atoms with Gasteiger partial charge in [-0.05, 0) is 31.5 Å². The van der Waals surface area contributed by atoms with Crippen molar-refractivity contribution in [1.29, 1.82) is 0 Å². The number of rotatable bonds is 5. The largest absolute Gasteiger partial charge is 0.381 e. The molecule has 0 bridgehead atoms. The molecule has 3 rings (SSSR count). The van der Waals surface area contributed by atoms with Gasteiger partial charge in [-0.1, -0.05) is 5.16 Å². The van der Waals surface area contributed by atoms with Crippen LogP contribution in [0.3, 0.4) is 0 Å². The van der Waals surface area contributed by atoms with Crippen LogP contribution in [0.1, 0.15) is 29.4 Å². The van der Waals surface area contributed by atoms with Crippen molar-refractivity contribution in [1.82, 2.24) is 19.9 Å². The molecule has 0 radical (unpaired) electrons. The fourth-order valence-electron chi connectivity index (χ4n) is 2.93. The fourth-order valence-corrected chi connectivity index (χ4v) is 2.93. The normalized spacial score (nSPS) is 17.9. The van der Waals surface area contributed by atoms with E-state index in [0.29, 0.717) is 24.6 Å². The lowest BCUT2D eigenvalue weighted by Gasteiger charge is -2.32. The highest BCUT2D eigenvalue weighted by atomic mass is 19.2. The van der Waals surface area contributed by atoms with Gasteiger partial charge in [-0.2, -0.15) is 4.98 Å². The summed E-state index contributed by atoms with van der Waals surface area (Å²) in [6, 6.07) is 3.90. The maximum Gasteiger partial charge on any atom is 0.316 e. The highest BCUT2D eigenvalue weighted by molar-refractivity contribution is 5.89. The highest BCUT2D eigenvalue weighted by Gasteiger charge is 2.23. The molecular weight excluding hydrogens is 344 g/mol. The van der Waals surface area contributed by atoms with Crippen molar-refractivity contribution in [3.63, 3.8) is 0 Å². The molecule has 1 saturated heterocycles. The molecule has 1 atom stereocenters. The van der Waals surface area contributed by atoms with E-state index in [0.717, 1.165) is 31.5 Å². The summed E-state index contributed by atoms with van der Waals surface area (Å²) in [6.45, 7) is 2.02. The molecule has 1 aliphatic rings. The number of likely N-dealkylation sites (tertiary alicyclic amines) is 1. The third-order valence-electron chi connectivity index (χ3n) is 4.22. The van der Waals surface area contributed by atoms with Gasteiger partial charge in [-0.3, -0.25) is 9.69 Å². The minimum absolute atomic E-state index is 0.0292. The quantitative estimate of drug-likeness (QED) is 0.875. The van der Waals surface area contributed by atoms with Crippen LogP contribution in [0, 0.1) is 11.6 Å². The number of carbonyl (C=O) groups excluding carboxylic acids is 1. The molecule has 2 aromatic rings. The van der Waals surface area contributed by atoms with Gasteiger partial charge in [-0.15, -0.1) is 0 Å². The second-order valence-corrected chi connectivity index (χ2v) is 6.56. The topological polar surface area (TPSA) is 74.5 Å². The van der Waals surface area contributed by atoms with E-state index < -0.39 is 11.6 Å². The molecule has 1 aliphatic heterocycles. The molecule has 0 aliphatic carbocycles. The average molecular weight is 365 g/mol. The summed E-state index contributed by atoms with van der Waals surface area (Å²) in [6.07, 6.45) is 1.87. The number of aromatic nitrogens is 2. The van der Waals surface area contributed by atoms with Gasteiger partial charge in [0.25, 0.3) is 0 Å². The number of hydrogen-bond acceptors (Lipinski definition) is 6. The third kappa shape index (κ3) is 4.34. The Morgan fingerprint density at radius 1 is 1.38 bits per heavy atom. The van der Waals surface area contributed by atoms with Crippen LogP contribution in [-0.4, -0.2) is 59.1 Å². The lowest BCUT2D eigenvalue weighted by Crippen LogP contribution is -2.41. The first-order valence-corrected chi connectivity index (χ1v) is 8.40. The first kappa shape index (κ1) is 18.2. The predicted octanol–water partition coefficient (Wildman–Crippen LogP) is 2.13. The Bertz CT molecular complexity index is 780. The van der Waals surface area contributed by atoms with Crippen molar-refractivity contribution in [2.24, 2.45) is 0 Å². The zero-order valence-corrected chi connectivity index (χ0v) is 14.7. The Hall–Kier alpha value is -2.55. The van der Waals surface area contributed by atoms with Crippen molar-refractivity contribution >= 4 is 11.6 Å². The van der Waals surface area contributed by atoms with Gasteiger partial charge >= 0.3 is 11.8 Å². The molecule has 0 unspecified atom stereocenters. The molecule has 1 fully saturated rings. The van der Waals surface area contributed by atoms with E-state index in [1.54, 1.807) is 14.1 Å². The van der Waals surface area contributed by atoms with Crippen LogP contribution in [0.15, 0.2) is 22.7 Å². The molecule has 26 heavy (non-hydrogen) atoms. The van der Waals surface area contributed by atoms with Gasteiger partial charge in [0.1, 0.15) is 0 Å². The van der Waals surface area contributed by atoms with Gasteiger partial charge in [0.15, 0.2) is 17.5 Å². The smallest absolute Gasteiger partial charge is 0.316 e. The highest BCUT2D eigenvalue weighted by Crippen LogP contribution is 2.19. The summed E-state index contributed by atoms with van der Waals surface area (Å²) in [4.78, 5) is 19.4. The van der Waals surface area contributed by atoms with E-state index in [1.165, 1.54) is 11.0 Å². The van der Waals surface area contributed by atoms with Crippen LogP contribution in [-0.2, 0) is 6.54 Å². The monoisotopic (exact) mass is 365 g/mol. The van der Waals surface area contributed by atoms with Crippen molar-refractivity contribution in [3.8, 4) is 0 Å². The molecule has 0 saturated carbocycles. The lowest BCUT2D eigenvalue weighted by atomic mass is 10.1. The SMILES string of the molecule is CN(C)C(=O)c1nc(CN2CCC[C@@H](Nc3ccc(F)c(F)c3)C2)no1. The number of nitrogens with zero attached hydrogens (tertiary/aromatic N) is 4. The summed E-state index contributed by atoms with van der Waals surface area (Å²) in [5, 5.41) is 7.09. The zero-order valence-electron chi connectivity index (χ0n) is 14.7. The first-order chi connectivity index (χ1) is 12.4. The maximum absolute atomic E-state index is 13.3. The molecule has 9 heteroatoms. The molecule has 1 aromatic heterocycles. The second-order valence-electron chi connectivity index (χ2n) is 6.56. The molecule has 2 heterocycles. The summed E-state index contributed by atoms with van der Waals surface area (Å²) in [7, 11) is 3.23. The van der Waals surface area contributed by atoms with Gasteiger partial charge in [0.2, 0.25) is 0 Å². The van der Waals surface area contributed by atoms with Gasteiger partial charge in [-0.25, -0.2) is 8.78 Å². The van der Waals surface area contributed by atoms with Crippen molar-refractivity contribution < 1.29 is 18.1 Å². The second kappa shape index (κ2) is 7.77. The number of benzene rings is 1. The Balaban J connectivity index is 1.58. The molecule has 0 spiro atoms. The molecule has 1 aromatic carbocycles. The number of nitrogens with one attached hydrogen (secondary N) is 1. The van der Waals surface area contributed by atoms with Gasteiger partial charge < -0.3 is 14.7 Å². The fraction of sp³-hybridized carbons (Fsp3) is 0.471. The minimum atomic E-state index is -0.868. The molecule has 1 N–H and O–H groups in total. The number of halogens is 2. The number of piperidine rings is 1. The van der Waals surface area contributed by atoms with E-state index >= 15 is 0 Å². The first-order valence-electron chi connectivity index (χ1n) is 8.40. The van der Waals surface area contributed by atoms with E-state index in [2.05, 4.69) is 20.4 Å². The molecule has 140 valence electrons. The number of anilines is 1. The van der Waals surface area contributed by atoms with Gasteiger partial charge in [0, 0.05) is 38.4 Å². The molecular formula is C17H21F2N5O2. The van der Waals surface area contributed by atoms with E-state index in [9.17, 15) is 13.6 Å². The van der Waals surface area contributed by atoms with Crippen molar-refractivity contribution in [3.05, 3.63) is 41.5 Å². The predicted molar refractivity (Wildman–Crippen MR) is 90.6 cm³/mol. The van der Waals surface area contributed by atoms with E-state index in [1.807, 2.05) is 0 Å². The summed E-state index contributed by atoms with van der Waals surface area (Å²) >= 11 is 0. The average Bonchev–Trinajstić information content (AvgIpc) is 3.06. The van der Waals surface area contributed by atoms with Crippen LogP contribution in [0.5, 0.6) is 0 Å². The minimum Gasteiger partial charge on any atom is -0.381 e. The van der Waals surface area contributed by atoms with E-state index in [4.69, 9.17) is 4.52 Å². The van der Waals surface area contributed by atoms with Crippen LogP contribution in [0.2, 0.25) is 0 Å². The summed E-state index contributed by atoms with van der Waals surface area (Å²) in [5.41, 5.74) is 0.550. The van der Waals surface area contributed by atoms with Crippen LogP contribution >= 0.6 is 0 Å². The Morgan fingerprint density at radius 3 is 2.92 bits per heavy atom. The number of carbonyl (C=O) groups is 1. The van der Waals surface area contributed by atoms with Crippen molar-refractivity contribution in [2.45, 2.75) is 25.4 Å². The van der Waals surface area contributed by atoms with Crippen LogP contribution < -0.4 is 5.32 Å². The van der Waals surface area contributed by atoms with Gasteiger partial charge in [0.05, 0.1) is 6.54 Å². The molecule has 7 nitrogen and oxygen atoms in total. The number of amides is 1.